The number of hydrogen-bond donors (Lipinski definition) is 0. The first-order valence-corrected chi connectivity index (χ1v) is 14.1. The molecule has 0 bridgehead atoms. The van der Waals surface area contributed by atoms with Gasteiger partial charge in [0.2, 0.25) is 0 Å². The van der Waals surface area contributed by atoms with Crippen LogP contribution in [0.3, 0.4) is 0 Å². The van der Waals surface area contributed by atoms with Crippen molar-refractivity contribution < 1.29 is 0 Å². The van der Waals surface area contributed by atoms with Crippen molar-refractivity contribution in [3.8, 4) is 0 Å². The molecule has 2 aliphatic heterocycles. The molecule has 0 saturated carbocycles. The summed E-state index contributed by atoms with van der Waals surface area (Å²) in [7, 11) is 0. The quantitative estimate of drug-likeness (QED) is 0.273. The summed E-state index contributed by atoms with van der Waals surface area (Å²) in [4.78, 5) is 5.12. The Morgan fingerprint density at radius 3 is 2.64 bits per heavy atom. The molecule has 0 fully saturated rings. The van der Waals surface area contributed by atoms with Crippen LogP contribution in [0.4, 0.5) is 0 Å². The first kappa shape index (κ1) is 26.3. The zero-order valence-electron chi connectivity index (χ0n) is 23.1. The molecule has 0 saturated heterocycles. The molecular formula is C34H46N2. The summed E-state index contributed by atoms with van der Waals surface area (Å²) in [5.74, 6) is 1.10. The summed E-state index contributed by atoms with van der Waals surface area (Å²) in [5.41, 5.74) is 10.2. The lowest BCUT2D eigenvalue weighted by molar-refractivity contribution is 0.255. The molecule has 2 atom stereocenters. The van der Waals surface area contributed by atoms with Gasteiger partial charge >= 0.3 is 0 Å². The Bertz CT molecular complexity index is 1070. The van der Waals surface area contributed by atoms with Crippen molar-refractivity contribution in [1.29, 1.82) is 0 Å². The molecule has 0 amide bonds. The summed E-state index contributed by atoms with van der Waals surface area (Å²) >= 11 is 0. The van der Waals surface area contributed by atoms with Gasteiger partial charge in [0.25, 0.3) is 0 Å². The van der Waals surface area contributed by atoms with E-state index in [-0.39, 0.29) is 6.04 Å². The number of hydrogen-bond acceptors (Lipinski definition) is 2. The van der Waals surface area contributed by atoms with Gasteiger partial charge in [-0.2, -0.15) is 0 Å². The van der Waals surface area contributed by atoms with Gasteiger partial charge in [0.1, 0.15) is 0 Å². The van der Waals surface area contributed by atoms with Gasteiger partial charge in [-0.15, -0.1) is 6.58 Å². The summed E-state index contributed by atoms with van der Waals surface area (Å²) < 4.78 is 0. The first-order chi connectivity index (χ1) is 17.4. The third-order valence-corrected chi connectivity index (χ3v) is 8.16. The second-order valence-electron chi connectivity index (χ2n) is 11.1. The minimum Gasteiger partial charge on any atom is -0.369 e. The molecule has 4 aliphatic rings. The van der Waals surface area contributed by atoms with Crippen LogP contribution in [0.25, 0.3) is 0 Å². The van der Waals surface area contributed by atoms with E-state index in [1.807, 2.05) is 6.08 Å². The Hall–Kier alpha value is -2.74. The van der Waals surface area contributed by atoms with E-state index in [9.17, 15) is 0 Å². The molecule has 2 heteroatoms. The second kappa shape index (κ2) is 12.0. The van der Waals surface area contributed by atoms with Crippen molar-refractivity contribution in [2.45, 2.75) is 72.3 Å². The third-order valence-electron chi connectivity index (χ3n) is 8.16. The molecule has 0 spiro atoms. The van der Waals surface area contributed by atoms with Crippen molar-refractivity contribution in [2.24, 2.45) is 11.8 Å². The summed E-state index contributed by atoms with van der Waals surface area (Å²) in [6, 6.07) is 0.221. The van der Waals surface area contributed by atoms with Crippen molar-refractivity contribution in [3.05, 3.63) is 107 Å². The lowest BCUT2D eigenvalue weighted by Crippen LogP contribution is -2.42. The number of nitrogens with zero attached hydrogens (tertiary/aromatic N) is 2. The molecule has 192 valence electrons. The Morgan fingerprint density at radius 2 is 1.94 bits per heavy atom. The van der Waals surface area contributed by atoms with Crippen molar-refractivity contribution >= 4 is 0 Å². The molecule has 0 N–H and O–H groups in total. The SMILES string of the molecule is C=CCN(CC(C)C/C=C(\CC)C1=CC=CCC1)C(=C)[C@H]1C2=C(CCC=C2)C2=CC=C(C(C)C)CN21. The average Bonchev–Trinajstić information content (AvgIpc) is 3.22. The highest BCUT2D eigenvalue weighted by Gasteiger charge is 2.39. The van der Waals surface area contributed by atoms with E-state index in [0.29, 0.717) is 11.8 Å². The van der Waals surface area contributed by atoms with Gasteiger partial charge in [-0.1, -0.05) is 82.9 Å². The van der Waals surface area contributed by atoms with Crippen LogP contribution >= 0.6 is 0 Å². The maximum Gasteiger partial charge on any atom is 0.0944 e. The van der Waals surface area contributed by atoms with Crippen molar-refractivity contribution in [1.82, 2.24) is 9.80 Å². The van der Waals surface area contributed by atoms with E-state index in [1.54, 1.807) is 0 Å². The topological polar surface area (TPSA) is 6.48 Å². The molecule has 0 aromatic carbocycles. The lowest BCUT2D eigenvalue weighted by atomic mass is 9.92. The third kappa shape index (κ3) is 5.64. The van der Waals surface area contributed by atoms with Crippen LogP contribution in [0.15, 0.2) is 107 Å². The summed E-state index contributed by atoms with van der Waals surface area (Å²) in [6.07, 6.45) is 27.6. The van der Waals surface area contributed by atoms with Gasteiger partial charge in [0.05, 0.1) is 6.04 Å². The van der Waals surface area contributed by atoms with Gasteiger partial charge in [0, 0.05) is 31.0 Å². The molecule has 0 aromatic rings. The fourth-order valence-electron chi connectivity index (χ4n) is 6.04. The molecule has 4 rings (SSSR count). The Kier molecular flexibility index (Phi) is 8.77. The average molecular weight is 483 g/mol. The van der Waals surface area contributed by atoms with E-state index in [1.165, 1.54) is 52.1 Å². The molecule has 36 heavy (non-hydrogen) atoms. The Labute approximate surface area is 220 Å². The molecule has 2 aliphatic carbocycles. The van der Waals surface area contributed by atoms with Crippen LogP contribution in [-0.4, -0.2) is 35.5 Å². The molecule has 0 radical (unpaired) electrons. The molecular weight excluding hydrogens is 436 g/mol. The van der Waals surface area contributed by atoms with Crippen molar-refractivity contribution in [2.75, 3.05) is 19.6 Å². The largest absolute Gasteiger partial charge is 0.369 e. The Balaban J connectivity index is 1.52. The van der Waals surface area contributed by atoms with Crippen LogP contribution < -0.4 is 0 Å². The minimum absolute atomic E-state index is 0.221. The van der Waals surface area contributed by atoms with Gasteiger partial charge in [-0.3, -0.25) is 0 Å². The van der Waals surface area contributed by atoms with E-state index < -0.39 is 0 Å². The predicted molar refractivity (Wildman–Crippen MR) is 156 cm³/mol. The van der Waals surface area contributed by atoms with E-state index in [4.69, 9.17) is 6.58 Å². The fraction of sp³-hybridized carbons (Fsp3) is 0.471. The lowest BCUT2D eigenvalue weighted by Gasteiger charge is -2.39. The number of rotatable bonds is 11. The maximum absolute atomic E-state index is 4.74. The summed E-state index contributed by atoms with van der Waals surface area (Å²) in [5, 5.41) is 0. The van der Waals surface area contributed by atoms with Gasteiger partial charge < -0.3 is 9.80 Å². The normalized spacial score (nSPS) is 22.1. The zero-order chi connectivity index (χ0) is 25.7. The highest BCUT2D eigenvalue weighted by Crippen LogP contribution is 2.44. The molecule has 2 heterocycles. The fourth-order valence-corrected chi connectivity index (χ4v) is 6.04. The monoisotopic (exact) mass is 482 g/mol. The van der Waals surface area contributed by atoms with Crippen LogP contribution in [0.2, 0.25) is 0 Å². The van der Waals surface area contributed by atoms with E-state index >= 15 is 0 Å². The van der Waals surface area contributed by atoms with E-state index in [0.717, 1.165) is 45.3 Å². The van der Waals surface area contributed by atoms with Crippen molar-refractivity contribution in [3.63, 3.8) is 0 Å². The van der Waals surface area contributed by atoms with Gasteiger partial charge in [-0.25, -0.2) is 0 Å². The first-order valence-electron chi connectivity index (χ1n) is 14.1. The van der Waals surface area contributed by atoms with Crippen LogP contribution in [0.1, 0.15) is 66.2 Å². The van der Waals surface area contributed by atoms with Crippen LogP contribution in [0.5, 0.6) is 0 Å². The standard InChI is InChI=1S/C34H46N2/c1-7-22-35(23-26(5)18-19-28(8-2)29-14-10-9-11-15-29)27(6)34-32-17-13-12-16-31(32)33-21-20-30(25(3)4)24-36(33)34/h7,9-10,13-14,17,19-21,25-26,34H,1,6,8,11-12,15-16,18,22-24H2,2-5H3/b28-19+/t26?,34-/m0/s1. The van der Waals surface area contributed by atoms with Crippen LogP contribution in [-0.2, 0) is 0 Å². The van der Waals surface area contributed by atoms with Crippen LogP contribution in [0, 0.1) is 11.8 Å². The number of allylic oxidation sites excluding steroid dienone is 10. The van der Waals surface area contributed by atoms with Gasteiger partial charge in [0.15, 0.2) is 0 Å². The second-order valence-corrected chi connectivity index (χ2v) is 11.1. The Morgan fingerprint density at radius 1 is 1.14 bits per heavy atom. The molecule has 0 aromatic heterocycles. The summed E-state index contributed by atoms with van der Waals surface area (Å²) in [6.45, 7) is 20.9. The molecule has 2 nitrogen and oxygen atoms in total. The van der Waals surface area contributed by atoms with Gasteiger partial charge in [-0.05, 0) is 84.3 Å². The zero-order valence-corrected chi connectivity index (χ0v) is 23.1. The smallest absolute Gasteiger partial charge is 0.0944 e. The number of fused-ring (bicyclic) bond motifs is 2. The highest BCUT2D eigenvalue weighted by molar-refractivity contribution is 5.56. The minimum atomic E-state index is 0.221. The predicted octanol–water partition coefficient (Wildman–Crippen LogP) is 8.44. The highest BCUT2D eigenvalue weighted by atomic mass is 15.3. The molecule has 1 unspecified atom stereocenters. The van der Waals surface area contributed by atoms with E-state index in [2.05, 4.69) is 92.7 Å². The maximum atomic E-state index is 4.74.